The Morgan fingerprint density at radius 3 is 2.11 bits per heavy atom. The minimum atomic E-state index is -4.30. The molecule has 4 aromatic carbocycles. The third-order valence-corrected chi connectivity index (χ3v) is 9.28. The summed E-state index contributed by atoms with van der Waals surface area (Å²) in [5, 5.41) is 14.3. The van der Waals surface area contributed by atoms with Crippen molar-refractivity contribution in [1.29, 1.82) is 0 Å². The number of nitro groups is 1. The van der Waals surface area contributed by atoms with Gasteiger partial charge in [0, 0.05) is 31.6 Å². The lowest BCUT2D eigenvalue weighted by Crippen LogP contribution is -2.53. The zero-order valence-electron chi connectivity index (χ0n) is 25.9. The van der Waals surface area contributed by atoms with E-state index in [2.05, 4.69) is 5.32 Å². The molecular formula is C35H38N4O6S. The predicted molar refractivity (Wildman–Crippen MR) is 178 cm³/mol. The number of rotatable bonds is 15. The second-order valence-corrected chi connectivity index (χ2v) is 12.8. The van der Waals surface area contributed by atoms with Crippen LogP contribution in [0.5, 0.6) is 0 Å². The molecule has 1 N–H and O–H groups in total. The minimum absolute atomic E-state index is 0.0514. The van der Waals surface area contributed by atoms with Crippen molar-refractivity contribution < 1.29 is 22.9 Å². The number of carbonyl (C=O) groups excluding carboxylic acids is 2. The van der Waals surface area contributed by atoms with E-state index in [-0.39, 0.29) is 35.1 Å². The smallest absolute Gasteiger partial charge is 0.269 e. The second-order valence-electron chi connectivity index (χ2n) is 11.0. The highest BCUT2D eigenvalue weighted by Crippen LogP contribution is 2.27. The molecule has 0 bridgehead atoms. The zero-order chi connectivity index (χ0) is 33.1. The fraction of sp³-hybridized carbons (Fsp3) is 0.257. The summed E-state index contributed by atoms with van der Waals surface area (Å²) in [5.41, 5.74) is 2.44. The molecule has 2 amide bonds. The number of anilines is 1. The van der Waals surface area contributed by atoms with Gasteiger partial charge in [-0.1, -0.05) is 91.7 Å². The summed E-state index contributed by atoms with van der Waals surface area (Å²) in [6.07, 6.45) is 1.84. The minimum Gasteiger partial charge on any atom is -0.354 e. The van der Waals surface area contributed by atoms with Gasteiger partial charge in [-0.25, -0.2) is 8.42 Å². The average Bonchev–Trinajstić information content (AvgIpc) is 3.06. The molecule has 0 aliphatic carbocycles. The predicted octanol–water partition coefficient (Wildman–Crippen LogP) is 5.65. The van der Waals surface area contributed by atoms with Gasteiger partial charge in [-0.15, -0.1) is 0 Å². The van der Waals surface area contributed by atoms with Crippen molar-refractivity contribution in [1.82, 2.24) is 10.2 Å². The maximum absolute atomic E-state index is 14.5. The van der Waals surface area contributed by atoms with Crippen LogP contribution in [0, 0.1) is 17.0 Å². The Hall–Kier alpha value is -5.03. The Morgan fingerprint density at radius 2 is 1.50 bits per heavy atom. The Balaban J connectivity index is 1.79. The van der Waals surface area contributed by atoms with E-state index in [9.17, 15) is 28.1 Å². The highest BCUT2D eigenvalue weighted by molar-refractivity contribution is 7.92. The van der Waals surface area contributed by atoms with Gasteiger partial charge < -0.3 is 10.2 Å². The van der Waals surface area contributed by atoms with Gasteiger partial charge in [0.2, 0.25) is 11.8 Å². The molecule has 240 valence electrons. The molecule has 0 spiro atoms. The van der Waals surface area contributed by atoms with Crippen LogP contribution in [-0.4, -0.2) is 49.2 Å². The van der Waals surface area contributed by atoms with Gasteiger partial charge in [-0.05, 0) is 48.7 Å². The molecule has 0 aliphatic rings. The van der Waals surface area contributed by atoms with Crippen LogP contribution < -0.4 is 9.62 Å². The summed E-state index contributed by atoms with van der Waals surface area (Å²) in [7, 11) is -4.30. The van der Waals surface area contributed by atoms with Crippen LogP contribution in [0.4, 0.5) is 11.4 Å². The molecule has 0 saturated heterocycles. The average molecular weight is 643 g/mol. The lowest BCUT2D eigenvalue weighted by atomic mass is 10.0. The number of nitrogens with one attached hydrogen (secondary N) is 1. The fourth-order valence-corrected chi connectivity index (χ4v) is 6.49. The molecule has 46 heavy (non-hydrogen) atoms. The van der Waals surface area contributed by atoms with Gasteiger partial charge in [0.25, 0.3) is 15.7 Å². The first-order valence-corrected chi connectivity index (χ1v) is 16.5. The number of benzene rings is 4. The van der Waals surface area contributed by atoms with Crippen LogP contribution in [-0.2, 0) is 32.6 Å². The van der Waals surface area contributed by atoms with Crippen molar-refractivity contribution in [3.8, 4) is 0 Å². The molecule has 0 aromatic heterocycles. The van der Waals surface area contributed by atoms with E-state index in [1.165, 1.54) is 41.3 Å². The maximum atomic E-state index is 14.5. The van der Waals surface area contributed by atoms with E-state index >= 15 is 0 Å². The monoisotopic (exact) mass is 642 g/mol. The first-order valence-electron chi connectivity index (χ1n) is 15.1. The normalized spacial score (nSPS) is 11.8. The van der Waals surface area contributed by atoms with Gasteiger partial charge in [-0.3, -0.25) is 24.0 Å². The maximum Gasteiger partial charge on any atom is 0.269 e. The van der Waals surface area contributed by atoms with Crippen molar-refractivity contribution in [3.05, 3.63) is 136 Å². The Bertz CT molecular complexity index is 1730. The van der Waals surface area contributed by atoms with Crippen LogP contribution in [0.3, 0.4) is 0 Å². The van der Waals surface area contributed by atoms with Crippen LogP contribution in [0.15, 0.2) is 114 Å². The number of sulfonamides is 1. The van der Waals surface area contributed by atoms with Crippen molar-refractivity contribution in [2.24, 2.45) is 0 Å². The highest BCUT2D eigenvalue weighted by Gasteiger charge is 2.34. The number of nitrogens with zero attached hydrogens (tertiary/aromatic N) is 3. The Labute approximate surface area is 269 Å². The molecule has 10 nitrogen and oxygen atoms in total. The third-order valence-electron chi connectivity index (χ3n) is 7.49. The molecule has 4 aromatic rings. The molecule has 0 heterocycles. The number of hydrogen-bond donors (Lipinski definition) is 1. The summed E-state index contributed by atoms with van der Waals surface area (Å²) in [6.45, 7) is 3.79. The number of nitro benzene ring substituents is 1. The highest BCUT2D eigenvalue weighted by atomic mass is 32.2. The number of unbranched alkanes of at least 4 members (excludes halogenated alkanes) is 1. The molecule has 0 radical (unpaired) electrons. The number of aryl methyl sites for hydroxylation is 1. The topological polar surface area (TPSA) is 130 Å². The molecule has 1 atom stereocenters. The van der Waals surface area contributed by atoms with Crippen molar-refractivity contribution in [3.63, 3.8) is 0 Å². The number of amides is 2. The summed E-state index contributed by atoms with van der Waals surface area (Å²) >= 11 is 0. The van der Waals surface area contributed by atoms with E-state index in [4.69, 9.17) is 0 Å². The molecule has 0 saturated carbocycles. The van der Waals surface area contributed by atoms with Crippen LogP contribution in [0.1, 0.15) is 36.5 Å². The van der Waals surface area contributed by atoms with Gasteiger partial charge in [-0.2, -0.15) is 0 Å². The molecule has 0 fully saturated rings. The molecule has 0 aliphatic heterocycles. The van der Waals surface area contributed by atoms with E-state index in [1.807, 2.05) is 68.4 Å². The van der Waals surface area contributed by atoms with Crippen molar-refractivity contribution in [2.75, 3.05) is 17.4 Å². The zero-order valence-corrected chi connectivity index (χ0v) is 26.7. The van der Waals surface area contributed by atoms with Crippen LogP contribution >= 0.6 is 0 Å². The second kappa shape index (κ2) is 15.8. The molecular weight excluding hydrogens is 604 g/mol. The third kappa shape index (κ3) is 8.79. The first kappa shape index (κ1) is 33.9. The van der Waals surface area contributed by atoms with E-state index < -0.39 is 33.4 Å². The fourth-order valence-electron chi connectivity index (χ4n) is 5.06. The van der Waals surface area contributed by atoms with Gasteiger partial charge in [0.1, 0.15) is 12.6 Å². The number of hydrogen-bond acceptors (Lipinski definition) is 6. The summed E-state index contributed by atoms with van der Waals surface area (Å²) < 4.78 is 29.0. The van der Waals surface area contributed by atoms with Crippen LogP contribution in [0.2, 0.25) is 0 Å². The summed E-state index contributed by atoms with van der Waals surface area (Å²) in [5.74, 6) is -0.947. The van der Waals surface area contributed by atoms with Crippen LogP contribution in [0.25, 0.3) is 0 Å². The van der Waals surface area contributed by atoms with Gasteiger partial charge in [0.05, 0.1) is 15.5 Å². The standard InChI is InChI=1S/C35H38N4O6S/c1-3-4-22-36-35(41)33(24-28-13-7-5-8-14-28)37(25-29-15-11-12-27(2)23-29)34(40)26-38(30-18-20-31(21-19-30)39(42)43)46(44,45)32-16-9-6-10-17-32/h5-21,23,33H,3-4,22,24-26H2,1-2H3,(H,36,41)/t33-/m0/s1. The SMILES string of the molecule is CCCCNC(=O)[C@H](Cc1ccccc1)N(Cc1cccc(C)c1)C(=O)CN(c1ccc([N+](=O)[O-])cc1)S(=O)(=O)c1ccccc1. The van der Waals surface area contributed by atoms with Gasteiger partial charge >= 0.3 is 0 Å². The lowest BCUT2D eigenvalue weighted by molar-refractivity contribution is -0.384. The summed E-state index contributed by atoms with van der Waals surface area (Å²) in [6, 6.07) is 28.6. The summed E-state index contributed by atoms with van der Waals surface area (Å²) in [4.78, 5) is 40.4. The largest absolute Gasteiger partial charge is 0.354 e. The first-order chi connectivity index (χ1) is 22.1. The van der Waals surface area contributed by atoms with Crippen molar-refractivity contribution >= 4 is 33.2 Å². The molecule has 4 rings (SSSR count). The van der Waals surface area contributed by atoms with Crippen molar-refractivity contribution in [2.45, 2.75) is 50.6 Å². The van der Waals surface area contributed by atoms with Gasteiger partial charge in [0.15, 0.2) is 0 Å². The van der Waals surface area contributed by atoms with E-state index in [1.54, 1.807) is 18.2 Å². The van der Waals surface area contributed by atoms with E-state index in [0.29, 0.717) is 6.54 Å². The molecule has 11 heteroatoms. The number of carbonyl (C=O) groups is 2. The Morgan fingerprint density at radius 1 is 0.870 bits per heavy atom. The lowest BCUT2D eigenvalue weighted by Gasteiger charge is -2.34. The van der Waals surface area contributed by atoms with E-state index in [0.717, 1.165) is 33.8 Å². The number of non-ortho nitro benzene ring substituents is 1. The Kier molecular flexibility index (Phi) is 11.6. The quantitative estimate of drug-likeness (QED) is 0.101. The molecule has 0 unspecified atom stereocenters.